The van der Waals surface area contributed by atoms with Crippen LogP contribution in [0.2, 0.25) is 0 Å². The Morgan fingerprint density at radius 1 is 1.06 bits per heavy atom. The third-order valence-corrected chi connectivity index (χ3v) is 3.10. The monoisotopic (exact) mass is 355 g/mol. The fraction of sp³-hybridized carbons (Fsp3) is 0.154. The normalized spacial score (nSPS) is 13.2. The van der Waals surface area contributed by atoms with E-state index in [1.165, 1.54) is 0 Å². The number of ether oxygens (including phenoxy) is 3. The van der Waals surface area contributed by atoms with Gasteiger partial charge < -0.3 is 14.2 Å². The molecule has 1 aliphatic rings. The maximum absolute atomic E-state index is 5.67. The number of halogens is 1. The zero-order chi connectivity index (χ0) is 12.4. The molecule has 18 heavy (non-hydrogen) atoms. The van der Waals surface area contributed by atoms with E-state index in [9.17, 15) is 0 Å². The van der Waals surface area contributed by atoms with Crippen LogP contribution in [0.4, 0.5) is 0 Å². The van der Waals surface area contributed by atoms with Gasteiger partial charge in [0.1, 0.15) is 19.0 Å². The first kappa shape index (κ1) is 11.6. The Hall–Kier alpha value is -1.50. The van der Waals surface area contributed by atoms with Crippen LogP contribution in [-0.2, 0) is 0 Å². The molecule has 0 radical (unpaired) electrons. The number of aromatic nitrogens is 1. The van der Waals surface area contributed by atoms with E-state index in [1.54, 1.807) is 6.20 Å². The summed E-state index contributed by atoms with van der Waals surface area (Å²) in [6, 6.07) is 9.29. The van der Waals surface area contributed by atoms with E-state index in [4.69, 9.17) is 14.2 Å². The second-order valence-electron chi connectivity index (χ2n) is 3.72. The average Bonchev–Trinajstić information content (AvgIpc) is 2.39. The molecule has 0 amide bonds. The van der Waals surface area contributed by atoms with Crippen molar-refractivity contribution >= 4 is 22.6 Å². The lowest BCUT2D eigenvalue weighted by molar-refractivity contribution is 0.171. The SMILES string of the molecule is Ic1ccnc(Oc2ccc3c(c2)OCCO3)c1. The molecule has 2 aromatic rings. The standard InChI is InChI=1S/C13H10INO3/c14-9-3-4-15-13(7-9)18-10-1-2-11-12(8-10)17-6-5-16-11/h1-4,7-8H,5-6H2. The summed E-state index contributed by atoms with van der Waals surface area (Å²) in [5, 5.41) is 0. The Labute approximate surface area is 118 Å². The molecule has 0 fully saturated rings. The van der Waals surface area contributed by atoms with Gasteiger partial charge in [0.15, 0.2) is 11.5 Å². The van der Waals surface area contributed by atoms with Crippen molar-refractivity contribution in [1.82, 2.24) is 4.98 Å². The predicted octanol–water partition coefficient (Wildman–Crippen LogP) is 3.25. The molecule has 0 aliphatic carbocycles. The topological polar surface area (TPSA) is 40.6 Å². The molecule has 0 N–H and O–H groups in total. The average molecular weight is 355 g/mol. The lowest BCUT2D eigenvalue weighted by atomic mass is 10.3. The van der Waals surface area contributed by atoms with Crippen molar-refractivity contribution in [3.8, 4) is 23.1 Å². The fourth-order valence-corrected chi connectivity index (χ4v) is 2.08. The van der Waals surface area contributed by atoms with Gasteiger partial charge in [-0.15, -0.1) is 0 Å². The van der Waals surface area contributed by atoms with Crippen LogP contribution in [-0.4, -0.2) is 18.2 Å². The molecule has 0 atom stereocenters. The summed E-state index contributed by atoms with van der Waals surface area (Å²) in [6.07, 6.45) is 1.72. The summed E-state index contributed by atoms with van der Waals surface area (Å²) in [5.41, 5.74) is 0. The molecule has 3 rings (SSSR count). The largest absolute Gasteiger partial charge is 0.486 e. The first-order chi connectivity index (χ1) is 8.81. The Bertz CT molecular complexity index is 574. The first-order valence-electron chi connectivity index (χ1n) is 5.50. The Morgan fingerprint density at radius 2 is 1.89 bits per heavy atom. The molecule has 1 aliphatic heterocycles. The van der Waals surface area contributed by atoms with Gasteiger partial charge in [-0.25, -0.2) is 4.98 Å². The highest BCUT2D eigenvalue weighted by Gasteiger charge is 2.12. The van der Waals surface area contributed by atoms with E-state index >= 15 is 0 Å². The van der Waals surface area contributed by atoms with Gasteiger partial charge in [0.2, 0.25) is 5.88 Å². The van der Waals surface area contributed by atoms with Crippen LogP contribution in [0.5, 0.6) is 23.1 Å². The van der Waals surface area contributed by atoms with Crippen molar-refractivity contribution in [2.45, 2.75) is 0 Å². The highest BCUT2D eigenvalue weighted by molar-refractivity contribution is 14.1. The predicted molar refractivity (Wildman–Crippen MR) is 74.5 cm³/mol. The Kier molecular flexibility index (Phi) is 3.22. The smallest absolute Gasteiger partial charge is 0.220 e. The molecular formula is C13H10INO3. The van der Waals surface area contributed by atoms with Gasteiger partial charge in [-0.1, -0.05) is 0 Å². The highest BCUT2D eigenvalue weighted by atomic mass is 127. The van der Waals surface area contributed by atoms with Crippen LogP contribution in [0.3, 0.4) is 0 Å². The van der Waals surface area contributed by atoms with Crippen LogP contribution in [0.25, 0.3) is 0 Å². The van der Waals surface area contributed by atoms with Crippen molar-refractivity contribution in [1.29, 1.82) is 0 Å². The molecule has 1 aromatic carbocycles. The van der Waals surface area contributed by atoms with E-state index < -0.39 is 0 Å². The number of benzene rings is 1. The molecule has 0 bridgehead atoms. The number of rotatable bonds is 2. The van der Waals surface area contributed by atoms with Crippen LogP contribution in [0.1, 0.15) is 0 Å². The molecule has 5 heteroatoms. The minimum Gasteiger partial charge on any atom is -0.486 e. The van der Waals surface area contributed by atoms with E-state index in [1.807, 2.05) is 30.3 Å². The van der Waals surface area contributed by atoms with Crippen LogP contribution in [0, 0.1) is 3.57 Å². The number of fused-ring (bicyclic) bond motifs is 1. The van der Waals surface area contributed by atoms with Crippen LogP contribution >= 0.6 is 22.6 Å². The summed E-state index contributed by atoms with van der Waals surface area (Å²) in [5.74, 6) is 2.72. The quantitative estimate of drug-likeness (QED) is 0.776. The maximum atomic E-state index is 5.67. The summed E-state index contributed by atoms with van der Waals surface area (Å²) < 4.78 is 17.7. The third kappa shape index (κ3) is 2.50. The summed E-state index contributed by atoms with van der Waals surface area (Å²) in [6.45, 7) is 1.16. The molecule has 1 aromatic heterocycles. The maximum Gasteiger partial charge on any atom is 0.220 e. The zero-order valence-corrected chi connectivity index (χ0v) is 11.6. The van der Waals surface area contributed by atoms with Crippen LogP contribution in [0.15, 0.2) is 36.5 Å². The lowest BCUT2D eigenvalue weighted by Crippen LogP contribution is -2.15. The van der Waals surface area contributed by atoms with E-state index in [0.717, 1.165) is 9.32 Å². The first-order valence-corrected chi connectivity index (χ1v) is 6.58. The fourth-order valence-electron chi connectivity index (χ4n) is 1.65. The van der Waals surface area contributed by atoms with Crippen molar-refractivity contribution in [3.05, 3.63) is 40.1 Å². The summed E-state index contributed by atoms with van der Waals surface area (Å²) in [7, 11) is 0. The molecule has 4 nitrogen and oxygen atoms in total. The second-order valence-corrected chi connectivity index (χ2v) is 4.97. The van der Waals surface area contributed by atoms with E-state index in [0.29, 0.717) is 30.6 Å². The highest BCUT2D eigenvalue weighted by Crippen LogP contribution is 2.34. The summed E-state index contributed by atoms with van der Waals surface area (Å²) >= 11 is 2.22. The minimum atomic E-state index is 0.567. The Morgan fingerprint density at radius 3 is 2.72 bits per heavy atom. The zero-order valence-electron chi connectivity index (χ0n) is 9.43. The van der Waals surface area contributed by atoms with Gasteiger partial charge in [-0.2, -0.15) is 0 Å². The van der Waals surface area contributed by atoms with E-state index in [-0.39, 0.29) is 0 Å². The molecule has 0 spiro atoms. The van der Waals surface area contributed by atoms with Gasteiger partial charge in [-0.05, 0) is 40.8 Å². The Balaban J connectivity index is 1.85. The molecule has 2 heterocycles. The lowest BCUT2D eigenvalue weighted by Gasteiger charge is -2.18. The van der Waals surface area contributed by atoms with Crippen molar-refractivity contribution in [3.63, 3.8) is 0 Å². The van der Waals surface area contributed by atoms with Crippen molar-refractivity contribution in [2.24, 2.45) is 0 Å². The van der Waals surface area contributed by atoms with Gasteiger partial charge in [0, 0.05) is 21.9 Å². The molecule has 0 unspecified atom stereocenters. The van der Waals surface area contributed by atoms with Crippen molar-refractivity contribution in [2.75, 3.05) is 13.2 Å². The summed E-state index contributed by atoms with van der Waals surface area (Å²) in [4.78, 5) is 4.15. The third-order valence-electron chi connectivity index (χ3n) is 2.43. The van der Waals surface area contributed by atoms with Gasteiger partial charge in [0.25, 0.3) is 0 Å². The molecular weight excluding hydrogens is 345 g/mol. The van der Waals surface area contributed by atoms with Gasteiger partial charge in [0.05, 0.1) is 0 Å². The molecule has 92 valence electrons. The van der Waals surface area contributed by atoms with Crippen LogP contribution < -0.4 is 14.2 Å². The minimum absolute atomic E-state index is 0.567. The number of hydrogen-bond acceptors (Lipinski definition) is 4. The second kappa shape index (κ2) is 5.01. The van der Waals surface area contributed by atoms with Gasteiger partial charge >= 0.3 is 0 Å². The van der Waals surface area contributed by atoms with Gasteiger partial charge in [-0.3, -0.25) is 0 Å². The van der Waals surface area contributed by atoms with Crippen molar-refractivity contribution < 1.29 is 14.2 Å². The molecule has 0 saturated heterocycles. The molecule has 0 saturated carbocycles. The number of nitrogens with zero attached hydrogens (tertiary/aromatic N) is 1. The van der Waals surface area contributed by atoms with E-state index in [2.05, 4.69) is 27.6 Å². The number of hydrogen-bond donors (Lipinski definition) is 0. The number of pyridine rings is 1.